The van der Waals surface area contributed by atoms with Crippen LogP contribution in [0.3, 0.4) is 0 Å². The van der Waals surface area contributed by atoms with Crippen LogP contribution in [0.2, 0.25) is 0 Å². The Labute approximate surface area is 496 Å². The normalized spacial score (nSPS) is 16.7. The summed E-state index contributed by atoms with van der Waals surface area (Å²) in [5, 5.41) is 70.8. The highest BCUT2D eigenvalue weighted by molar-refractivity contribution is 7.80. The van der Waals surface area contributed by atoms with Gasteiger partial charge in [0.25, 0.3) is 0 Å². The van der Waals surface area contributed by atoms with E-state index in [1.54, 1.807) is 13.8 Å². The van der Waals surface area contributed by atoms with Gasteiger partial charge in [0.1, 0.15) is 66.5 Å². The van der Waals surface area contributed by atoms with Crippen LogP contribution in [0.1, 0.15) is 85.5 Å². The predicted octanol–water partition coefficient (Wildman–Crippen LogP) is -10.7. The molecule has 0 bridgehead atoms. The predicted molar refractivity (Wildman–Crippen MR) is 309 cm³/mol. The van der Waals surface area contributed by atoms with Gasteiger partial charge in [-0.1, -0.05) is 13.8 Å². The fourth-order valence-electron chi connectivity index (χ4n) is 8.10. The lowest BCUT2D eigenvalue weighted by Gasteiger charge is -2.30. The van der Waals surface area contributed by atoms with E-state index in [4.69, 9.17) is 40.1 Å². The number of carboxylic acids is 1. The Morgan fingerprint density at radius 3 is 1.20 bits per heavy atom. The Morgan fingerprint density at radius 1 is 0.518 bits per heavy atom. The molecule has 0 aromatic carbocycles. The largest absolute Gasteiger partial charge is 0.480 e. The lowest BCUT2D eigenvalue weighted by atomic mass is 10.0. The van der Waals surface area contributed by atoms with Gasteiger partial charge in [-0.3, -0.25) is 62.9 Å². The number of aliphatic hydroxyl groups excluding tert-OH is 4. The summed E-state index contributed by atoms with van der Waals surface area (Å²) in [6.45, 7) is 2.82. The van der Waals surface area contributed by atoms with Crippen molar-refractivity contribution in [1.82, 2.24) is 52.8 Å². The van der Waals surface area contributed by atoms with Crippen molar-refractivity contribution >= 4 is 95.5 Å². The van der Waals surface area contributed by atoms with Crippen molar-refractivity contribution in [3.63, 3.8) is 0 Å². The zero-order chi connectivity index (χ0) is 64.7. The third-order valence-electron chi connectivity index (χ3n) is 12.7. The molecule has 1 aliphatic rings. The van der Waals surface area contributed by atoms with E-state index in [1.807, 2.05) is 0 Å². The number of aliphatic hydroxyl groups is 4. The molecule has 1 saturated heterocycles. The second kappa shape index (κ2) is 38.9. The zero-order valence-electron chi connectivity index (χ0n) is 48.0. The molecule has 1 aliphatic heterocycles. The van der Waals surface area contributed by atoms with E-state index < -0.39 is 157 Å². The molecular formula is C48H88N20O16S. The Bertz CT molecular complexity index is 2360. The molecular weight excluding hydrogens is 1140 g/mol. The van der Waals surface area contributed by atoms with Crippen molar-refractivity contribution in [2.45, 2.75) is 158 Å². The standard InChI is InChI=1S/C48H88N20O16S/c1-22(2)17-28(63-39(77)29(18-69)64-37(75)27(11-7-15-58-48(54)55)62-42(80)33-12-8-16-68(33)44(82)23(3)59-43(81)34(49)24(4)72)38(76)61-25(9-5-13-56-46(50)51)35(73)60-26(10-6-14-57-47(52)53)36(74)65-30(19-70)40(78)66-31(20-71)41(79)67-32(21-85)45(83)84/h22-34,69-72,85H,5-21,49H2,1-4H3,(H,59,81)(H,60,73)(H,61,76)(H,62,80)(H,63,77)(H,64,75)(H,65,74)(H,66,78)(H,67,79)(H,83,84)(H4,50,51,56)(H4,52,53,57)(H4,54,55,58)/t23-,24+,25-,26-,27-,28-,29-,30-,31-,32-,33-,34-/m0/s1. The fraction of sp³-hybridized carbons (Fsp3) is 0.708. The van der Waals surface area contributed by atoms with Crippen molar-refractivity contribution in [1.29, 1.82) is 0 Å². The number of nitrogens with one attached hydrogen (secondary N) is 9. The van der Waals surface area contributed by atoms with Gasteiger partial charge in [0, 0.05) is 31.9 Å². The van der Waals surface area contributed by atoms with Crippen LogP contribution in [-0.4, -0.2) is 238 Å². The van der Waals surface area contributed by atoms with Gasteiger partial charge in [-0.25, -0.2) is 4.79 Å². The van der Waals surface area contributed by atoms with Crippen LogP contribution in [0.5, 0.6) is 0 Å². The Hall–Kier alpha value is -7.87. The van der Waals surface area contributed by atoms with Crippen LogP contribution in [0, 0.1) is 5.92 Å². The van der Waals surface area contributed by atoms with Gasteiger partial charge in [0.2, 0.25) is 59.1 Å². The first-order chi connectivity index (χ1) is 39.9. The second-order valence-electron chi connectivity index (χ2n) is 20.2. The average Bonchev–Trinajstić information content (AvgIpc) is 3.74. The maximum atomic E-state index is 14.3. The maximum absolute atomic E-state index is 14.3. The number of carbonyl (C=O) groups excluding carboxylic acids is 10. The van der Waals surface area contributed by atoms with Crippen LogP contribution in [0.25, 0.3) is 0 Å². The van der Waals surface area contributed by atoms with Crippen LogP contribution >= 0.6 is 12.6 Å². The second-order valence-corrected chi connectivity index (χ2v) is 20.6. The first kappa shape index (κ1) is 75.1. The van der Waals surface area contributed by atoms with E-state index in [9.17, 15) is 78.3 Å². The van der Waals surface area contributed by atoms with E-state index in [0.29, 0.717) is 6.42 Å². The van der Waals surface area contributed by atoms with E-state index >= 15 is 0 Å². The molecule has 1 heterocycles. The number of amides is 10. The van der Waals surface area contributed by atoms with Crippen LogP contribution < -0.4 is 88.0 Å². The third kappa shape index (κ3) is 27.6. The summed E-state index contributed by atoms with van der Waals surface area (Å²) < 4.78 is 0. The summed E-state index contributed by atoms with van der Waals surface area (Å²) in [4.78, 5) is 161. The molecule has 1 fully saturated rings. The van der Waals surface area contributed by atoms with Crippen molar-refractivity contribution < 1.29 is 78.3 Å². The van der Waals surface area contributed by atoms with Gasteiger partial charge >= 0.3 is 5.97 Å². The lowest BCUT2D eigenvalue weighted by Crippen LogP contribution is -2.61. The Kier molecular flexibility index (Phi) is 34.4. The number of aliphatic imine (C=N–C) groups is 3. The minimum Gasteiger partial charge on any atom is -0.480 e. The van der Waals surface area contributed by atoms with Gasteiger partial charge in [-0.05, 0) is 77.6 Å². The Balaban J connectivity index is 3.53. The number of guanidine groups is 3. The molecule has 28 N–H and O–H groups in total. The number of hydrogen-bond acceptors (Lipinski definition) is 20. The molecule has 482 valence electrons. The van der Waals surface area contributed by atoms with Gasteiger partial charge in [-0.15, -0.1) is 0 Å². The molecule has 0 unspecified atom stereocenters. The number of carboxylic acid groups (broad SMARTS) is 1. The summed E-state index contributed by atoms with van der Waals surface area (Å²) >= 11 is 3.85. The molecule has 0 saturated carbocycles. The van der Waals surface area contributed by atoms with Crippen LogP contribution in [0.15, 0.2) is 15.0 Å². The van der Waals surface area contributed by atoms with Gasteiger partial charge < -0.3 is 118 Å². The van der Waals surface area contributed by atoms with E-state index in [2.05, 4.69) is 75.5 Å². The summed E-state index contributed by atoms with van der Waals surface area (Å²) in [7, 11) is 0. The summed E-state index contributed by atoms with van der Waals surface area (Å²) in [6, 6.07) is -16.6. The molecule has 36 nitrogen and oxygen atoms in total. The number of likely N-dealkylation sites (tertiary alicyclic amines) is 1. The molecule has 0 radical (unpaired) electrons. The lowest BCUT2D eigenvalue weighted by molar-refractivity contribution is -0.142. The number of nitrogens with zero attached hydrogens (tertiary/aromatic N) is 4. The number of aliphatic carboxylic acids is 1. The first-order valence-electron chi connectivity index (χ1n) is 27.2. The molecule has 12 atom stereocenters. The highest BCUT2D eigenvalue weighted by Crippen LogP contribution is 2.20. The topological polar surface area (TPSA) is 620 Å². The van der Waals surface area contributed by atoms with Gasteiger partial charge in [0.15, 0.2) is 17.9 Å². The van der Waals surface area contributed by atoms with Crippen molar-refractivity contribution in [3.05, 3.63) is 0 Å². The summed E-state index contributed by atoms with van der Waals surface area (Å²) in [5.41, 5.74) is 38.5. The number of thiol groups is 1. The van der Waals surface area contributed by atoms with Gasteiger partial charge in [-0.2, -0.15) is 12.6 Å². The minimum atomic E-state index is -1.84. The van der Waals surface area contributed by atoms with Crippen molar-refractivity contribution in [3.8, 4) is 0 Å². The highest BCUT2D eigenvalue weighted by Gasteiger charge is 2.40. The van der Waals surface area contributed by atoms with Gasteiger partial charge in [0.05, 0.1) is 25.9 Å². The van der Waals surface area contributed by atoms with E-state index in [1.165, 1.54) is 18.7 Å². The molecule has 37 heteroatoms. The third-order valence-corrected chi connectivity index (χ3v) is 13.1. The number of hydrogen-bond donors (Lipinski definition) is 22. The zero-order valence-corrected chi connectivity index (χ0v) is 48.9. The van der Waals surface area contributed by atoms with Crippen molar-refractivity contribution in [2.75, 3.05) is 51.8 Å². The smallest absolute Gasteiger partial charge is 0.327 e. The quantitative estimate of drug-likeness (QED) is 0.0118. The Morgan fingerprint density at radius 2 is 0.859 bits per heavy atom. The van der Waals surface area contributed by atoms with E-state index in [0.717, 1.165) is 0 Å². The minimum absolute atomic E-state index is 0.00613. The molecule has 85 heavy (non-hydrogen) atoms. The van der Waals surface area contributed by atoms with E-state index in [-0.39, 0.29) is 107 Å². The van der Waals surface area contributed by atoms with Crippen LogP contribution in [0.4, 0.5) is 0 Å². The molecule has 10 amide bonds. The molecule has 1 rings (SSSR count). The monoisotopic (exact) mass is 1230 g/mol. The number of rotatable bonds is 39. The molecule has 0 aliphatic carbocycles. The first-order valence-corrected chi connectivity index (χ1v) is 27.9. The molecule has 0 aromatic heterocycles. The average molecular weight is 1230 g/mol. The maximum Gasteiger partial charge on any atom is 0.327 e. The summed E-state index contributed by atoms with van der Waals surface area (Å²) in [5.74, 6) is -12.8. The van der Waals surface area contributed by atoms with Crippen LogP contribution in [-0.2, 0) is 52.7 Å². The fourth-order valence-corrected chi connectivity index (χ4v) is 8.35. The number of nitrogens with two attached hydrogens (primary N) is 7. The highest BCUT2D eigenvalue weighted by atomic mass is 32.1. The SMILES string of the molecule is CC(C)C[C@H](NC(=O)[C@H](CO)NC(=O)[C@H](CCCN=C(N)N)NC(=O)[C@@H]1CCCN1C(=O)[C@H](C)NC(=O)[C@@H](N)[C@@H](C)O)C(=O)N[C@@H](CCCN=C(N)N)C(=O)N[C@@H](CCCN=C(N)N)C(=O)N[C@@H](CO)C(=O)N[C@@H](CO)C(=O)N[C@@H](CS)C(=O)O. The summed E-state index contributed by atoms with van der Waals surface area (Å²) in [6.07, 6.45) is -1.27. The molecule has 0 aromatic rings. The molecule has 0 spiro atoms. The van der Waals surface area contributed by atoms with Crippen molar-refractivity contribution in [2.24, 2.45) is 61.0 Å². The number of carbonyl (C=O) groups is 11.